The summed E-state index contributed by atoms with van der Waals surface area (Å²) < 4.78 is 32.1. The summed E-state index contributed by atoms with van der Waals surface area (Å²) >= 11 is 0. The molecule has 1 aromatic carbocycles. The molecule has 7 heteroatoms. The van der Waals surface area contributed by atoms with E-state index >= 15 is 0 Å². The Labute approximate surface area is 148 Å². The molecule has 25 heavy (non-hydrogen) atoms. The number of hydrogen-bond donors (Lipinski definition) is 2. The van der Waals surface area contributed by atoms with Gasteiger partial charge in [0.05, 0.1) is 13.2 Å². The van der Waals surface area contributed by atoms with Crippen molar-refractivity contribution >= 4 is 5.96 Å². The number of rotatable bonds is 8. The Bertz CT molecular complexity index is 568. The van der Waals surface area contributed by atoms with Gasteiger partial charge in [0, 0.05) is 38.3 Å². The molecular weight excluding hydrogens is 326 g/mol. The monoisotopic (exact) mass is 354 g/mol. The smallest absolute Gasteiger partial charge is 0.191 e. The van der Waals surface area contributed by atoms with E-state index in [1.165, 1.54) is 12.5 Å². The SMILES string of the molecule is CCNC(=NCc1cc(F)ccc1F)NCC1CCCN1CCOC. The van der Waals surface area contributed by atoms with Crippen LogP contribution in [0, 0.1) is 11.6 Å². The maximum absolute atomic E-state index is 13.7. The fourth-order valence-electron chi connectivity index (χ4n) is 3.01. The summed E-state index contributed by atoms with van der Waals surface area (Å²) in [5.41, 5.74) is 0.250. The third-order valence-corrected chi connectivity index (χ3v) is 4.35. The molecule has 2 N–H and O–H groups in total. The van der Waals surface area contributed by atoms with Crippen LogP contribution in [0.2, 0.25) is 0 Å². The van der Waals surface area contributed by atoms with Crippen molar-refractivity contribution in [1.82, 2.24) is 15.5 Å². The predicted molar refractivity (Wildman–Crippen MR) is 95.6 cm³/mol. The number of halogens is 2. The van der Waals surface area contributed by atoms with Gasteiger partial charge in [0.1, 0.15) is 11.6 Å². The van der Waals surface area contributed by atoms with Crippen molar-refractivity contribution in [3.63, 3.8) is 0 Å². The minimum absolute atomic E-state index is 0.0942. The van der Waals surface area contributed by atoms with Crippen molar-refractivity contribution in [3.8, 4) is 0 Å². The average Bonchev–Trinajstić information content (AvgIpc) is 3.05. The Morgan fingerprint density at radius 1 is 1.36 bits per heavy atom. The van der Waals surface area contributed by atoms with Crippen molar-refractivity contribution in [3.05, 3.63) is 35.4 Å². The number of methoxy groups -OCH3 is 1. The van der Waals surface area contributed by atoms with Gasteiger partial charge in [-0.1, -0.05) is 0 Å². The number of hydrogen-bond acceptors (Lipinski definition) is 3. The van der Waals surface area contributed by atoms with Crippen LogP contribution in [0.5, 0.6) is 0 Å². The Morgan fingerprint density at radius 3 is 2.96 bits per heavy atom. The van der Waals surface area contributed by atoms with E-state index in [4.69, 9.17) is 4.74 Å². The highest BCUT2D eigenvalue weighted by molar-refractivity contribution is 5.79. The quantitative estimate of drug-likeness (QED) is 0.555. The first kappa shape index (κ1) is 19.6. The lowest BCUT2D eigenvalue weighted by atomic mass is 10.2. The Kier molecular flexibility index (Phi) is 8.08. The lowest BCUT2D eigenvalue weighted by Gasteiger charge is -2.25. The van der Waals surface area contributed by atoms with Gasteiger partial charge in [-0.25, -0.2) is 13.8 Å². The fourth-order valence-corrected chi connectivity index (χ4v) is 3.01. The van der Waals surface area contributed by atoms with Crippen LogP contribution in [-0.4, -0.2) is 56.8 Å². The van der Waals surface area contributed by atoms with Crippen LogP contribution >= 0.6 is 0 Å². The highest BCUT2D eigenvalue weighted by Crippen LogP contribution is 2.16. The van der Waals surface area contributed by atoms with Gasteiger partial charge in [-0.3, -0.25) is 4.90 Å². The van der Waals surface area contributed by atoms with E-state index in [2.05, 4.69) is 20.5 Å². The number of nitrogens with zero attached hydrogens (tertiary/aromatic N) is 2. The molecule has 1 atom stereocenters. The van der Waals surface area contributed by atoms with Crippen LogP contribution in [0.3, 0.4) is 0 Å². The normalized spacial score (nSPS) is 18.6. The Balaban J connectivity index is 1.92. The molecule has 1 saturated heterocycles. The maximum Gasteiger partial charge on any atom is 0.191 e. The minimum Gasteiger partial charge on any atom is -0.383 e. The van der Waals surface area contributed by atoms with Crippen LogP contribution < -0.4 is 10.6 Å². The van der Waals surface area contributed by atoms with Gasteiger partial charge < -0.3 is 15.4 Å². The number of likely N-dealkylation sites (tertiary alicyclic amines) is 1. The number of benzene rings is 1. The van der Waals surface area contributed by atoms with Crippen LogP contribution in [-0.2, 0) is 11.3 Å². The fraction of sp³-hybridized carbons (Fsp3) is 0.611. The molecule has 1 unspecified atom stereocenters. The van der Waals surface area contributed by atoms with Crippen molar-refractivity contribution in [2.75, 3.05) is 39.9 Å². The van der Waals surface area contributed by atoms with Gasteiger partial charge in [-0.2, -0.15) is 0 Å². The Hall–Kier alpha value is -1.73. The summed E-state index contributed by atoms with van der Waals surface area (Å²) in [6.45, 7) is 6.26. The lowest BCUT2D eigenvalue weighted by molar-refractivity contribution is 0.141. The molecule has 140 valence electrons. The zero-order chi connectivity index (χ0) is 18.1. The molecule has 1 heterocycles. The summed E-state index contributed by atoms with van der Waals surface area (Å²) in [6, 6.07) is 3.86. The molecular formula is C18H28F2N4O. The van der Waals surface area contributed by atoms with Crippen molar-refractivity contribution in [1.29, 1.82) is 0 Å². The molecule has 0 aromatic heterocycles. The second kappa shape index (κ2) is 10.3. The van der Waals surface area contributed by atoms with Crippen LogP contribution in [0.15, 0.2) is 23.2 Å². The first-order valence-electron chi connectivity index (χ1n) is 8.83. The summed E-state index contributed by atoms with van der Waals surface area (Å²) in [6.07, 6.45) is 2.31. The average molecular weight is 354 g/mol. The van der Waals surface area contributed by atoms with Gasteiger partial charge in [-0.15, -0.1) is 0 Å². The molecule has 0 saturated carbocycles. The summed E-state index contributed by atoms with van der Waals surface area (Å²) in [7, 11) is 1.71. The third kappa shape index (κ3) is 6.25. The molecule has 0 radical (unpaired) electrons. The van der Waals surface area contributed by atoms with E-state index in [9.17, 15) is 8.78 Å². The summed E-state index contributed by atoms with van der Waals surface area (Å²) in [5.74, 6) is -0.281. The van der Waals surface area contributed by atoms with E-state index in [0.29, 0.717) is 18.5 Å². The summed E-state index contributed by atoms with van der Waals surface area (Å²) in [4.78, 5) is 6.79. The van der Waals surface area contributed by atoms with Gasteiger partial charge in [-0.05, 0) is 44.5 Å². The molecule has 1 aromatic rings. The number of aliphatic imine (C=N–C) groups is 1. The van der Waals surface area contributed by atoms with E-state index in [1.54, 1.807) is 7.11 Å². The maximum atomic E-state index is 13.7. The van der Waals surface area contributed by atoms with E-state index in [1.807, 2.05) is 6.92 Å². The molecule has 1 aliphatic heterocycles. The van der Waals surface area contributed by atoms with Gasteiger partial charge in [0.2, 0.25) is 0 Å². The topological polar surface area (TPSA) is 48.9 Å². The highest BCUT2D eigenvalue weighted by atomic mass is 19.1. The van der Waals surface area contributed by atoms with E-state index < -0.39 is 11.6 Å². The van der Waals surface area contributed by atoms with Gasteiger partial charge >= 0.3 is 0 Å². The predicted octanol–water partition coefficient (Wildman–Crippen LogP) is 2.13. The number of ether oxygens (including phenoxy) is 1. The summed E-state index contributed by atoms with van der Waals surface area (Å²) in [5, 5.41) is 6.46. The zero-order valence-electron chi connectivity index (χ0n) is 15.0. The second-order valence-corrected chi connectivity index (χ2v) is 6.14. The first-order chi connectivity index (χ1) is 12.1. The van der Waals surface area contributed by atoms with E-state index in [-0.39, 0.29) is 12.1 Å². The largest absolute Gasteiger partial charge is 0.383 e. The van der Waals surface area contributed by atoms with E-state index in [0.717, 1.165) is 44.8 Å². The first-order valence-corrected chi connectivity index (χ1v) is 8.83. The van der Waals surface area contributed by atoms with Crippen LogP contribution in [0.1, 0.15) is 25.3 Å². The van der Waals surface area contributed by atoms with Crippen LogP contribution in [0.4, 0.5) is 8.78 Å². The lowest BCUT2D eigenvalue weighted by Crippen LogP contribution is -2.45. The second-order valence-electron chi connectivity index (χ2n) is 6.14. The minimum atomic E-state index is -0.454. The van der Waals surface area contributed by atoms with Crippen molar-refractivity contribution in [2.45, 2.75) is 32.4 Å². The van der Waals surface area contributed by atoms with Crippen molar-refractivity contribution < 1.29 is 13.5 Å². The highest BCUT2D eigenvalue weighted by Gasteiger charge is 2.23. The molecule has 0 bridgehead atoms. The molecule has 5 nitrogen and oxygen atoms in total. The van der Waals surface area contributed by atoms with Crippen LogP contribution in [0.25, 0.3) is 0 Å². The number of nitrogens with one attached hydrogen (secondary N) is 2. The molecule has 1 fully saturated rings. The molecule has 2 rings (SSSR count). The number of guanidine groups is 1. The van der Waals surface area contributed by atoms with Crippen molar-refractivity contribution in [2.24, 2.45) is 4.99 Å². The standard InChI is InChI=1S/C18H28F2N4O/c1-3-21-18(22-12-14-11-15(19)6-7-17(14)20)23-13-16-5-4-8-24(16)9-10-25-2/h6-7,11,16H,3-5,8-10,12-13H2,1-2H3,(H2,21,22,23). The Morgan fingerprint density at radius 2 is 2.20 bits per heavy atom. The molecule has 0 spiro atoms. The molecule has 1 aliphatic rings. The van der Waals surface area contributed by atoms with Gasteiger partial charge in [0.25, 0.3) is 0 Å². The zero-order valence-corrected chi connectivity index (χ0v) is 15.0. The molecule has 0 aliphatic carbocycles. The molecule has 0 amide bonds. The third-order valence-electron chi connectivity index (χ3n) is 4.35. The van der Waals surface area contributed by atoms with Gasteiger partial charge in [0.15, 0.2) is 5.96 Å².